The number of amides is 1. The van der Waals surface area contributed by atoms with E-state index in [0.29, 0.717) is 25.8 Å². The van der Waals surface area contributed by atoms with Crippen molar-refractivity contribution in [3.8, 4) is 0 Å². The number of carbonyl (C=O) groups is 1. The molecule has 2 saturated heterocycles. The maximum absolute atomic E-state index is 12.7. The van der Waals surface area contributed by atoms with E-state index in [1.807, 2.05) is 23.1 Å². The second-order valence-electron chi connectivity index (χ2n) is 6.97. The first-order valence-electron chi connectivity index (χ1n) is 8.92. The number of nitrogens with zero attached hydrogens (tertiary/aromatic N) is 2. The molecule has 132 valence electrons. The molecular formula is C19H28N2O3. The molecule has 3 rings (SSSR count). The zero-order valence-electron chi connectivity index (χ0n) is 14.7. The summed E-state index contributed by atoms with van der Waals surface area (Å²) in [5.41, 5.74) is 1.24. The summed E-state index contributed by atoms with van der Waals surface area (Å²) in [5, 5.41) is 0. The van der Waals surface area contributed by atoms with Crippen LogP contribution in [0.15, 0.2) is 30.3 Å². The minimum absolute atomic E-state index is 0.201. The Kier molecular flexibility index (Phi) is 5.54. The Hall–Kier alpha value is -1.43. The third kappa shape index (κ3) is 4.15. The van der Waals surface area contributed by atoms with Gasteiger partial charge in [0, 0.05) is 38.5 Å². The van der Waals surface area contributed by atoms with E-state index in [0.717, 1.165) is 32.5 Å². The topological polar surface area (TPSA) is 42.0 Å². The molecule has 1 amide bonds. The van der Waals surface area contributed by atoms with Crippen LogP contribution in [0.5, 0.6) is 0 Å². The highest BCUT2D eigenvalue weighted by Crippen LogP contribution is 2.31. The largest absolute Gasteiger partial charge is 0.347 e. The van der Waals surface area contributed by atoms with Crippen molar-refractivity contribution < 1.29 is 14.3 Å². The first-order valence-corrected chi connectivity index (χ1v) is 8.92. The number of ether oxygens (including phenoxy) is 2. The quantitative estimate of drug-likeness (QED) is 0.829. The van der Waals surface area contributed by atoms with Crippen LogP contribution in [0.25, 0.3) is 0 Å². The van der Waals surface area contributed by atoms with Gasteiger partial charge in [-0.15, -0.1) is 0 Å². The number of likely N-dealkylation sites (tertiary alicyclic amines) is 1. The summed E-state index contributed by atoms with van der Waals surface area (Å²) in [5.74, 6) is -0.217. The number of piperidine rings is 1. The molecule has 2 fully saturated rings. The molecule has 2 heterocycles. The normalized spacial score (nSPS) is 20.2. The van der Waals surface area contributed by atoms with Crippen LogP contribution >= 0.6 is 0 Å². The van der Waals surface area contributed by atoms with E-state index in [9.17, 15) is 4.79 Å². The zero-order valence-corrected chi connectivity index (χ0v) is 14.7. The van der Waals surface area contributed by atoms with Crippen molar-refractivity contribution in [2.24, 2.45) is 0 Å². The van der Waals surface area contributed by atoms with Gasteiger partial charge in [-0.25, -0.2) is 0 Å². The van der Waals surface area contributed by atoms with Gasteiger partial charge < -0.3 is 14.4 Å². The van der Waals surface area contributed by atoms with Crippen LogP contribution in [0.4, 0.5) is 0 Å². The Bertz CT molecular complexity index is 531. The molecule has 0 saturated carbocycles. The van der Waals surface area contributed by atoms with Crippen LogP contribution in [-0.2, 0) is 20.8 Å². The third-order valence-electron chi connectivity index (χ3n) is 4.99. The molecule has 0 aromatic heterocycles. The van der Waals surface area contributed by atoms with Crippen molar-refractivity contribution in [1.29, 1.82) is 0 Å². The Balaban J connectivity index is 1.54. The molecule has 0 aliphatic carbocycles. The fourth-order valence-corrected chi connectivity index (χ4v) is 3.40. The summed E-state index contributed by atoms with van der Waals surface area (Å²) in [4.78, 5) is 16.9. The van der Waals surface area contributed by atoms with Crippen LogP contribution in [0.2, 0.25) is 0 Å². The van der Waals surface area contributed by atoms with Crippen molar-refractivity contribution in [3.05, 3.63) is 35.9 Å². The molecule has 0 bridgehead atoms. The molecule has 0 N–H and O–H groups in total. The summed E-state index contributed by atoms with van der Waals surface area (Å²) < 4.78 is 11.5. The molecule has 1 spiro atoms. The van der Waals surface area contributed by atoms with Crippen LogP contribution in [0.3, 0.4) is 0 Å². The smallest absolute Gasteiger partial charge is 0.236 e. The Morgan fingerprint density at radius 3 is 2.38 bits per heavy atom. The van der Waals surface area contributed by atoms with Gasteiger partial charge in [-0.05, 0) is 19.4 Å². The minimum atomic E-state index is -0.418. The van der Waals surface area contributed by atoms with E-state index >= 15 is 0 Å². The SMILES string of the molecule is CC(C)N(CC(=O)N1CCC2(CC1)OCCO2)Cc1ccccc1. The van der Waals surface area contributed by atoms with E-state index in [-0.39, 0.29) is 5.91 Å². The molecule has 1 aromatic carbocycles. The maximum Gasteiger partial charge on any atom is 0.236 e. The van der Waals surface area contributed by atoms with Crippen molar-refractivity contribution in [2.45, 2.75) is 45.1 Å². The Morgan fingerprint density at radius 1 is 1.17 bits per heavy atom. The Morgan fingerprint density at radius 2 is 1.79 bits per heavy atom. The standard InChI is InChI=1S/C19H28N2O3/c1-16(2)21(14-17-6-4-3-5-7-17)15-18(22)20-10-8-19(9-11-20)23-12-13-24-19/h3-7,16H,8-15H2,1-2H3. The molecular weight excluding hydrogens is 304 g/mol. The van der Waals surface area contributed by atoms with Gasteiger partial charge >= 0.3 is 0 Å². The van der Waals surface area contributed by atoms with Crippen LogP contribution in [0, 0.1) is 0 Å². The van der Waals surface area contributed by atoms with Crippen molar-refractivity contribution in [2.75, 3.05) is 32.8 Å². The molecule has 24 heavy (non-hydrogen) atoms. The molecule has 0 radical (unpaired) electrons. The number of carbonyl (C=O) groups excluding carboxylic acids is 1. The first-order chi connectivity index (χ1) is 11.6. The second-order valence-corrected chi connectivity index (χ2v) is 6.97. The van der Waals surface area contributed by atoms with Crippen LogP contribution < -0.4 is 0 Å². The minimum Gasteiger partial charge on any atom is -0.347 e. The average molecular weight is 332 g/mol. The molecule has 1 aromatic rings. The fourth-order valence-electron chi connectivity index (χ4n) is 3.40. The second kappa shape index (κ2) is 7.64. The number of benzene rings is 1. The van der Waals surface area contributed by atoms with E-state index < -0.39 is 5.79 Å². The van der Waals surface area contributed by atoms with Gasteiger partial charge in [0.1, 0.15) is 0 Å². The number of hydrogen-bond acceptors (Lipinski definition) is 4. The summed E-state index contributed by atoms with van der Waals surface area (Å²) in [6.07, 6.45) is 1.55. The number of hydrogen-bond donors (Lipinski definition) is 0. The van der Waals surface area contributed by atoms with E-state index in [1.165, 1.54) is 5.56 Å². The van der Waals surface area contributed by atoms with Gasteiger partial charge in [0.15, 0.2) is 5.79 Å². The zero-order chi connectivity index (χ0) is 17.0. The molecule has 5 heteroatoms. The predicted molar refractivity (Wildman–Crippen MR) is 92.4 cm³/mol. The fraction of sp³-hybridized carbons (Fsp3) is 0.632. The van der Waals surface area contributed by atoms with Crippen LogP contribution in [0.1, 0.15) is 32.3 Å². The lowest BCUT2D eigenvalue weighted by Crippen LogP contribution is -2.50. The molecule has 0 unspecified atom stereocenters. The highest BCUT2D eigenvalue weighted by molar-refractivity contribution is 5.78. The highest BCUT2D eigenvalue weighted by atomic mass is 16.7. The molecule has 2 aliphatic rings. The van der Waals surface area contributed by atoms with Gasteiger partial charge in [-0.1, -0.05) is 30.3 Å². The third-order valence-corrected chi connectivity index (χ3v) is 4.99. The molecule has 0 atom stereocenters. The first kappa shape index (κ1) is 17.4. The average Bonchev–Trinajstić information content (AvgIpc) is 3.03. The summed E-state index contributed by atoms with van der Waals surface area (Å²) in [7, 11) is 0. The highest BCUT2D eigenvalue weighted by Gasteiger charge is 2.40. The van der Waals surface area contributed by atoms with E-state index in [1.54, 1.807) is 0 Å². The molecule has 5 nitrogen and oxygen atoms in total. The molecule has 2 aliphatic heterocycles. The van der Waals surface area contributed by atoms with Crippen LogP contribution in [-0.4, -0.2) is 60.4 Å². The van der Waals surface area contributed by atoms with Gasteiger partial charge in [0.25, 0.3) is 0 Å². The van der Waals surface area contributed by atoms with E-state index in [2.05, 4.69) is 30.9 Å². The lowest BCUT2D eigenvalue weighted by atomic mass is 10.0. The van der Waals surface area contributed by atoms with Crippen molar-refractivity contribution in [1.82, 2.24) is 9.80 Å². The summed E-state index contributed by atoms with van der Waals surface area (Å²) in [6, 6.07) is 10.7. The van der Waals surface area contributed by atoms with Crippen molar-refractivity contribution >= 4 is 5.91 Å². The maximum atomic E-state index is 12.7. The van der Waals surface area contributed by atoms with Gasteiger partial charge in [0.05, 0.1) is 19.8 Å². The van der Waals surface area contributed by atoms with Gasteiger partial charge in [-0.2, -0.15) is 0 Å². The summed E-state index contributed by atoms with van der Waals surface area (Å²) >= 11 is 0. The summed E-state index contributed by atoms with van der Waals surface area (Å²) in [6.45, 7) is 8.32. The monoisotopic (exact) mass is 332 g/mol. The predicted octanol–water partition coefficient (Wildman–Crippen LogP) is 2.26. The van der Waals surface area contributed by atoms with E-state index in [4.69, 9.17) is 9.47 Å². The number of rotatable bonds is 5. The van der Waals surface area contributed by atoms with Crippen molar-refractivity contribution in [3.63, 3.8) is 0 Å². The Labute approximate surface area is 144 Å². The van der Waals surface area contributed by atoms with Gasteiger partial charge in [-0.3, -0.25) is 9.69 Å². The van der Waals surface area contributed by atoms with Gasteiger partial charge in [0.2, 0.25) is 5.91 Å². The lowest BCUT2D eigenvalue weighted by molar-refractivity contribution is -0.187. The lowest BCUT2D eigenvalue weighted by Gasteiger charge is -2.38.